The molecule has 136 valence electrons. The summed E-state index contributed by atoms with van der Waals surface area (Å²) in [7, 11) is -2.82. The van der Waals surface area contributed by atoms with E-state index < -0.39 is 9.84 Å². The fraction of sp³-hybridized carbons (Fsp3) is 0.368. The molecule has 0 amide bonds. The molecule has 0 aliphatic rings. The van der Waals surface area contributed by atoms with Crippen LogP contribution >= 0.6 is 22.7 Å². The maximum absolute atomic E-state index is 10.4. The summed E-state index contributed by atoms with van der Waals surface area (Å²) in [5, 5.41) is 2.79. The van der Waals surface area contributed by atoms with E-state index in [-0.39, 0.29) is 5.75 Å². The van der Waals surface area contributed by atoms with E-state index in [4.69, 9.17) is 4.74 Å². The number of rotatable bonds is 5. The standard InChI is InChI=1S/C14H12S2.C5H12O3S/c1-9-7-8-13(15-9)14-12-6-4-3-5-11(12)10(2)16-14;1-3-8-4-5-9(2,6)7/h3-8H,1-2H3;3-5H2,1-2H3. The zero-order valence-electron chi connectivity index (χ0n) is 15.0. The first-order valence-corrected chi connectivity index (χ1v) is 11.8. The fourth-order valence-corrected chi connectivity index (χ4v) is 4.89. The van der Waals surface area contributed by atoms with Gasteiger partial charge >= 0.3 is 0 Å². The summed E-state index contributed by atoms with van der Waals surface area (Å²) in [5.41, 5.74) is 0. The van der Waals surface area contributed by atoms with Crippen LogP contribution in [0.3, 0.4) is 0 Å². The quantitative estimate of drug-likeness (QED) is 0.549. The first-order valence-electron chi connectivity index (χ1n) is 8.12. The van der Waals surface area contributed by atoms with Gasteiger partial charge in [0.1, 0.15) is 9.84 Å². The molecule has 25 heavy (non-hydrogen) atoms. The van der Waals surface area contributed by atoms with E-state index >= 15 is 0 Å². The SMILES string of the molecule is CCOCCS(C)(=O)=O.Cc1ccc(-c2sc(C)c3ccccc23)s1. The Morgan fingerprint density at radius 2 is 1.68 bits per heavy atom. The van der Waals surface area contributed by atoms with Gasteiger partial charge in [0.15, 0.2) is 0 Å². The molecule has 0 bridgehead atoms. The second-order valence-electron chi connectivity index (χ2n) is 5.77. The minimum absolute atomic E-state index is 0.126. The Bertz CT molecular complexity index is 920. The summed E-state index contributed by atoms with van der Waals surface area (Å²) in [6.45, 7) is 7.10. The van der Waals surface area contributed by atoms with Crippen LogP contribution in [0.2, 0.25) is 0 Å². The maximum Gasteiger partial charge on any atom is 0.149 e. The number of aryl methyl sites for hydroxylation is 2. The normalized spacial score (nSPS) is 11.4. The van der Waals surface area contributed by atoms with Crippen LogP contribution in [0.25, 0.3) is 20.5 Å². The molecule has 0 aliphatic heterocycles. The lowest BCUT2D eigenvalue weighted by Gasteiger charge is -1.96. The predicted molar refractivity (Wildman–Crippen MR) is 111 cm³/mol. The third-order valence-electron chi connectivity index (χ3n) is 3.57. The Kier molecular flexibility index (Phi) is 7.19. The molecule has 3 aromatic rings. The highest BCUT2D eigenvalue weighted by atomic mass is 32.2. The molecule has 0 spiro atoms. The van der Waals surface area contributed by atoms with Gasteiger partial charge in [0.25, 0.3) is 0 Å². The molecule has 0 radical (unpaired) electrons. The lowest BCUT2D eigenvalue weighted by molar-refractivity contribution is 0.163. The van der Waals surface area contributed by atoms with Gasteiger partial charge in [-0.2, -0.15) is 0 Å². The average molecular weight is 397 g/mol. The van der Waals surface area contributed by atoms with Crippen molar-refractivity contribution in [3.63, 3.8) is 0 Å². The van der Waals surface area contributed by atoms with Gasteiger partial charge in [-0.05, 0) is 38.3 Å². The van der Waals surface area contributed by atoms with Crippen molar-refractivity contribution >= 4 is 43.3 Å². The summed E-state index contributed by atoms with van der Waals surface area (Å²) < 4.78 is 25.7. The number of hydrogen-bond acceptors (Lipinski definition) is 5. The second-order valence-corrected chi connectivity index (χ2v) is 10.5. The third-order valence-corrected chi connectivity index (χ3v) is 6.80. The van der Waals surface area contributed by atoms with Crippen molar-refractivity contribution in [3.8, 4) is 9.75 Å². The van der Waals surface area contributed by atoms with Crippen molar-refractivity contribution in [1.29, 1.82) is 0 Å². The van der Waals surface area contributed by atoms with Crippen LogP contribution < -0.4 is 0 Å². The van der Waals surface area contributed by atoms with Crippen LogP contribution in [-0.4, -0.2) is 33.6 Å². The Morgan fingerprint density at radius 1 is 1.00 bits per heavy atom. The fourth-order valence-electron chi connectivity index (χ4n) is 2.35. The van der Waals surface area contributed by atoms with Gasteiger partial charge in [0.2, 0.25) is 0 Å². The van der Waals surface area contributed by atoms with Crippen molar-refractivity contribution < 1.29 is 13.2 Å². The van der Waals surface area contributed by atoms with E-state index in [0.29, 0.717) is 13.2 Å². The number of hydrogen-bond donors (Lipinski definition) is 0. The number of thiophene rings is 2. The Labute approximate surface area is 158 Å². The highest BCUT2D eigenvalue weighted by Gasteiger charge is 2.10. The van der Waals surface area contributed by atoms with E-state index in [9.17, 15) is 8.42 Å². The summed E-state index contributed by atoms with van der Waals surface area (Å²) >= 11 is 3.78. The van der Waals surface area contributed by atoms with Gasteiger partial charge < -0.3 is 4.74 Å². The van der Waals surface area contributed by atoms with Crippen molar-refractivity contribution in [2.24, 2.45) is 0 Å². The lowest BCUT2D eigenvalue weighted by Crippen LogP contribution is -2.09. The predicted octanol–water partition coefficient (Wildman–Crippen LogP) is 5.31. The molecule has 3 nitrogen and oxygen atoms in total. The van der Waals surface area contributed by atoms with Crippen molar-refractivity contribution in [2.45, 2.75) is 20.8 Å². The molecule has 2 heterocycles. The van der Waals surface area contributed by atoms with Gasteiger partial charge in [0, 0.05) is 32.9 Å². The monoisotopic (exact) mass is 396 g/mol. The lowest BCUT2D eigenvalue weighted by atomic mass is 10.1. The molecule has 0 saturated heterocycles. The van der Waals surface area contributed by atoms with Crippen molar-refractivity contribution in [3.05, 3.63) is 46.2 Å². The van der Waals surface area contributed by atoms with Crippen LogP contribution in [0.4, 0.5) is 0 Å². The number of sulfone groups is 1. The minimum Gasteiger partial charge on any atom is -0.381 e. The van der Waals surface area contributed by atoms with Gasteiger partial charge in [0.05, 0.1) is 17.2 Å². The molecule has 0 saturated carbocycles. The highest BCUT2D eigenvalue weighted by Crippen LogP contribution is 2.40. The Morgan fingerprint density at radius 3 is 2.24 bits per heavy atom. The molecular weight excluding hydrogens is 372 g/mol. The summed E-state index contributed by atoms with van der Waals surface area (Å²) in [4.78, 5) is 5.61. The van der Waals surface area contributed by atoms with Crippen molar-refractivity contribution in [2.75, 3.05) is 25.2 Å². The van der Waals surface area contributed by atoms with Crippen LogP contribution in [0, 0.1) is 13.8 Å². The number of ether oxygens (including phenoxy) is 1. The maximum atomic E-state index is 10.4. The zero-order chi connectivity index (χ0) is 18.4. The largest absolute Gasteiger partial charge is 0.381 e. The minimum atomic E-state index is -2.82. The molecule has 0 unspecified atom stereocenters. The topological polar surface area (TPSA) is 43.4 Å². The highest BCUT2D eigenvalue weighted by molar-refractivity contribution is 7.90. The average Bonchev–Trinajstić information content (AvgIpc) is 3.11. The van der Waals surface area contributed by atoms with Crippen LogP contribution in [0.15, 0.2) is 36.4 Å². The van der Waals surface area contributed by atoms with Crippen LogP contribution in [0.1, 0.15) is 16.7 Å². The molecule has 0 fully saturated rings. The van der Waals surface area contributed by atoms with Gasteiger partial charge in [-0.25, -0.2) is 8.42 Å². The molecule has 3 rings (SSSR count). The molecule has 2 aromatic heterocycles. The van der Waals surface area contributed by atoms with E-state index in [0.717, 1.165) is 0 Å². The Hall–Kier alpha value is -1.21. The second kappa shape index (κ2) is 8.94. The van der Waals surface area contributed by atoms with Crippen molar-refractivity contribution in [1.82, 2.24) is 0 Å². The van der Waals surface area contributed by atoms with Crippen LogP contribution in [0.5, 0.6) is 0 Å². The van der Waals surface area contributed by atoms with Gasteiger partial charge in [-0.3, -0.25) is 0 Å². The third kappa shape index (κ3) is 5.92. The number of benzene rings is 1. The molecule has 0 N–H and O–H groups in total. The first-order chi connectivity index (χ1) is 11.8. The van der Waals surface area contributed by atoms with E-state index in [1.807, 2.05) is 29.6 Å². The molecular formula is C19H24O3S3. The van der Waals surface area contributed by atoms with E-state index in [1.165, 1.54) is 36.5 Å². The van der Waals surface area contributed by atoms with Gasteiger partial charge in [-0.15, -0.1) is 22.7 Å². The first kappa shape index (κ1) is 20.1. The summed E-state index contributed by atoms with van der Waals surface area (Å²) in [6, 6.07) is 13.1. The molecule has 0 aliphatic carbocycles. The van der Waals surface area contributed by atoms with E-state index in [2.05, 4.69) is 50.2 Å². The molecule has 0 atom stereocenters. The Balaban J connectivity index is 0.000000217. The van der Waals surface area contributed by atoms with E-state index in [1.54, 1.807) is 0 Å². The molecule has 1 aromatic carbocycles. The molecule has 6 heteroatoms. The van der Waals surface area contributed by atoms with Crippen LogP contribution in [-0.2, 0) is 14.6 Å². The number of fused-ring (bicyclic) bond motifs is 1. The smallest absolute Gasteiger partial charge is 0.149 e. The zero-order valence-corrected chi connectivity index (χ0v) is 17.5. The summed E-state index contributed by atoms with van der Waals surface area (Å²) in [5.74, 6) is 0.126. The van der Waals surface area contributed by atoms with Gasteiger partial charge in [-0.1, -0.05) is 24.3 Å². The summed E-state index contributed by atoms with van der Waals surface area (Å²) in [6.07, 6.45) is 1.20.